The number of likely N-dealkylation sites (tertiary alicyclic amines) is 1. The lowest BCUT2D eigenvalue weighted by Gasteiger charge is -2.48. The molecule has 1 spiro atoms. The van der Waals surface area contributed by atoms with Gasteiger partial charge in [0.25, 0.3) is 0 Å². The van der Waals surface area contributed by atoms with Gasteiger partial charge < -0.3 is 14.5 Å². The van der Waals surface area contributed by atoms with Crippen molar-refractivity contribution in [3.63, 3.8) is 0 Å². The summed E-state index contributed by atoms with van der Waals surface area (Å²) in [6.07, 6.45) is 6.42. The van der Waals surface area contributed by atoms with E-state index in [4.69, 9.17) is 4.74 Å². The number of carbonyl (C=O) groups excluding carboxylic acids is 1. The van der Waals surface area contributed by atoms with Gasteiger partial charge in [-0.15, -0.1) is 0 Å². The Morgan fingerprint density at radius 2 is 2.03 bits per heavy atom. The summed E-state index contributed by atoms with van der Waals surface area (Å²) >= 11 is 0. The minimum Gasteiger partial charge on any atom is -0.450 e. The largest absolute Gasteiger partial charge is 0.450 e. The van der Waals surface area contributed by atoms with Crippen molar-refractivity contribution in [3.05, 3.63) is 42.5 Å². The lowest BCUT2D eigenvalue weighted by atomic mass is 9.78. The van der Waals surface area contributed by atoms with Crippen LogP contribution in [0, 0.1) is 11.2 Å². The molecule has 2 aliphatic heterocycles. The summed E-state index contributed by atoms with van der Waals surface area (Å²) in [7, 11) is 0. The number of amides is 1. The van der Waals surface area contributed by atoms with E-state index in [2.05, 4.69) is 25.0 Å². The van der Waals surface area contributed by atoms with Gasteiger partial charge >= 0.3 is 6.09 Å². The molecule has 1 amide bonds. The maximum absolute atomic E-state index is 14.3. The van der Waals surface area contributed by atoms with Gasteiger partial charge in [0.1, 0.15) is 11.6 Å². The van der Waals surface area contributed by atoms with Crippen molar-refractivity contribution in [2.24, 2.45) is 5.41 Å². The zero-order valence-electron chi connectivity index (χ0n) is 20.0. The SMILES string of the molecule is CCOC(=O)N1CC2(CC[C@@H](N3CCN(c4ncc(F)cc4-c4cccc5[nH]ncc45)CC3)C2)C1. The average Bonchev–Trinajstić information content (AvgIpc) is 3.51. The Hall–Kier alpha value is -3.20. The number of carbonyl (C=O) groups is 1. The number of aromatic nitrogens is 3. The van der Waals surface area contributed by atoms with E-state index in [-0.39, 0.29) is 17.3 Å². The van der Waals surface area contributed by atoms with Gasteiger partial charge in [0.2, 0.25) is 0 Å². The molecule has 6 rings (SSSR count). The first kappa shape index (κ1) is 22.3. The molecule has 9 heteroatoms. The van der Waals surface area contributed by atoms with Crippen LogP contribution in [0.15, 0.2) is 36.7 Å². The summed E-state index contributed by atoms with van der Waals surface area (Å²) in [5, 5.41) is 8.13. The summed E-state index contributed by atoms with van der Waals surface area (Å²) in [6.45, 7) is 7.54. The summed E-state index contributed by atoms with van der Waals surface area (Å²) in [5.41, 5.74) is 2.94. The number of aromatic amines is 1. The minimum atomic E-state index is -0.337. The number of hydrogen-bond donors (Lipinski definition) is 1. The van der Waals surface area contributed by atoms with E-state index in [1.807, 2.05) is 30.0 Å². The van der Waals surface area contributed by atoms with Crippen LogP contribution in [-0.2, 0) is 4.74 Å². The van der Waals surface area contributed by atoms with Gasteiger partial charge in [-0.2, -0.15) is 5.10 Å². The number of benzene rings is 1. The zero-order chi connectivity index (χ0) is 24.0. The third-order valence-electron chi connectivity index (χ3n) is 7.99. The molecule has 1 atom stereocenters. The second-order valence-corrected chi connectivity index (χ2v) is 10.1. The predicted molar refractivity (Wildman–Crippen MR) is 132 cm³/mol. The molecule has 35 heavy (non-hydrogen) atoms. The number of anilines is 1. The molecular weight excluding hydrogens is 447 g/mol. The highest BCUT2D eigenvalue weighted by molar-refractivity contribution is 5.97. The van der Waals surface area contributed by atoms with Crippen LogP contribution in [0.2, 0.25) is 0 Å². The van der Waals surface area contributed by atoms with Gasteiger partial charge in [0.05, 0.1) is 24.5 Å². The number of nitrogens with zero attached hydrogens (tertiary/aromatic N) is 5. The number of piperazine rings is 1. The van der Waals surface area contributed by atoms with E-state index in [0.717, 1.165) is 73.5 Å². The molecule has 3 fully saturated rings. The summed E-state index contributed by atoms with van der Waals surface area (Å²) in [5.74, 6) is 0.489. The van der Waals surface area contributed by atoms with Gasteiger partial charge in [0.15, 0.2) is 0 Å². The molecule has 1 aliphatic carbocycles. The number of halogens is 1. The van der Waals surface area contributed by atoms with Crippen LogP contribution < -0.4 is 4.90 Å². The van der Waals surface area contributed by atoms with E-state index in [9.17, 15) is 9.18 Å². The molecule has 1 saturated carbocycles. The van der Waals surface area contributed by atoms with Gasteiger partial charge in [-0.1, -0.05) is 12.1 Å². The molecule has 3 aliphatic rings. The van der Waals surface area contributed by atoms with Crippen LogP contribution in [0.25, 0.3) is 22.0 Å². The smallest absolute Gasteiger partial charge is 0.409 e. The van der Waals surface area contributed by atoms with Crippen LogP contribution in [0.3, 0.4) is 0 Å². The second kappa shape index (κ2) is 8.78. The highest BCUT2D eigenvalue weighted by Crippen LogP contribution is 2.47. The Morgan fingerprint density at radius 1 is 1.20 bits per heavy atom. The number of rotatable bonds is 4. The molecule has 1 aromatic carbocycles. The van der Waals surface area contributed by atoms with E-state index in [0.29, 0.717) is 12.6 Å². The van der Waals surface area contributed by atoms with Crippen molar-refractivity contribution in [3.8, 4) is 11.1 Å². The highest BCUT2D eigenvalue weighted by Gasteiger charge is 2.51. The Morgan fingerprint density at radius 3 is 2.83 bits per heavy atom. The molecule has 4 heterocycles. The lowest BCUT2D eigenvalue weighted by Crippen LogP contribution is -2.58. The molecule has 2 saturated heterocycles. The van der Waals surface area contributed by atoms with Crippen molar-refractivity contribution < 1.29 is 13.9 Å². The lowest BCUT2D eigenvalue weighted by molar-refractivity contribution is -0.00294. The molecule has 184 valence electrons. The van der Waals surface area contributed by atoms with Crippen molar-refractivity contribution >= 4 is 22.8 Å². The third-order valence-corrected chi connectivity index (χ3v) is 7.99. The van der Waals surface area contributed by atoms with Crippen LogP contribution in [-0.4, -0.2) is 83.0 Å². The number of hydrogen-bond acceptors (Lipinski definition) is 6. The van der Waals surface area contributed by atoms with Crippen LogP contribution >= 0.6 is 0 Å². The Kier molecular flexibility index (Phi) is 5.59. The molecule has 0 radical (unpaired) electrons. The van der Waals surface area contributed by atoms with Gasteiger partial charge in [0, 0.05) is 61.7 Å². The predicted octanol–water partition coefficient (Wildman–Crippen LogP) is 3.90. The third kappa shape index (κ3) is 4.01. The van der Waals surface area contributed by atoms with E-state index in [1.165, 1.54) is 19.0 Å². The van der Waals surface area contributed by atoms with Crippen LogP contribution in [0.5, 0.6) is 0 Å². The van der Waals surface area contributed by atoms with Crippen molar-refractivity contribution in [1.29, 1.82) is 0 Å². The fraction of sp³-hybridized carbons (Fsp3) is 0.500. The summed E-state index contributed by atoms with van der Waals surface area (Å²) < 4.78 is 19.4. The average molecular weight is 479 g/mol. The van der Waals surface area contributed by atoms with Gasteiger partial charge in [-0.3, -0.25) is 10.00 Å². The van der Waals surface area contributed by atoms with Crippen LogP contribution in [0.1, 0.15) is 26.2 Å². The zero-order valence-corrected chi connectivity index (χ0v) is 20.0. The first-order chi connectivity index (χ1) is 17.0. The van der Waals surface area contributed by atoms with E-state index >= 15 is 0 Å². The molecule has 1 N–H and O–H groups in total. The maximum Gasteiger partial charge on any atom is 0.409 e. The molecule has 2 aromatic heterocycles. The summed E-state index contributed by atoms with van der Waals surface area (Å²) in [6, 6.07) is 8.08. The highest BCUT2D eigenvalue weighted by atomic mass is 19.1. The number of ether oxygens (including phenoxy) is 1. The quantitative estimate of drug-likeness (QED) is 0.613. The first-order valence-corrected chi connectivity index (χ1v) is 12.5. The molecule has 0 bridgehead atoms. The van der Waals surface area contributed by atoms with Crippen molar-refractivity contribution in [1.82, 2.24) is 25.0 Å². The minimum absolute atomic E-state index is 0.177. The molecule has 8 nitrogen and oxygen atoms in total. The van der Waals surface area contributed by atoms with Crippen molar-refractivity contribution in [2.75, 3.05) is 50.8 Å². The Bertz CT molecular complexity index is 1230. The number of nitrogens with one attached hydrogen (secondary N) is 1. The fourth-order valence-electron chi connectivity index (χ4n) is 6.27. The van der Waals surface area contributed by atoms with Gasteiger partial charge in [-0.05, 0) is 43.9 Å². The maximum atomic E-state index is 14.3. The Balaban J connectivity index is 1.13. The molecular formula is C26H31FN6O2. The monoisotopic (exact) mass is 478 g/mol. The number of fused-ring (bicyclic) bond motifs is 1. The first-order valence-electron chi connectivity index (χ1n) is 12.5. The molecule has 3 aromatic rings. The van der Waals surface area contributed by atoms with Crippen LogP contribution in [0.4, 0.5) is 15.0 Å². The molecule has 0 unspecified atom stereocenters. The van der Waals surface area contributed by atoms with Gasteiger partial charge in [-0.25, -0.2) is 14.2 Å². The summed E-state index contributed by atoms with van der Waals surface area (Å²) in [4.78, 5) is 23.2. The second-order valence-electron chi connectivity index (χ2n) is 10.1. The normalized spacial score (nSPS) is 22.1. The fourth-order valence-corrected chi connectivity index (χ4v) is 6.27. The van der Waals surface area contributed by atoms with E-state index in [1.54, 1.807) is 12.3 Å². The number of pyridine rings is 1. The number of H-pyrrole nitrogens is 1. The standard InChI is InChI=1S/C26H31FN6O2/c1-2-35-25(34)33-16-26(17-33)7-6-19(13-26)31-8-10-32(11-9-31)24-21(12-18(27)14-28-24)20-4-3-5-23-22(20)15-29-30-23/h3-5,12,14-15,19H,2,6-11,13,16-17H2,1H3,(H,29,30)/t19-/m1/s1. The topological polar surface area (TPSA) is 77.6 Å². The van der Waals surface area contributed by atoms with E-state index < -0.39 is 0 Å². The van der Waals surface area contributed by atoms with Crippen molar-refractivity contribution in [2.45, 2.75) is 32.2 Å². The Labute approximate surface area is 204 Å².